The number of rotatable bonds is 13. The molecule has 5 nitrogen and oxygen atoms in total. The number of hydrogen-bond acceptors (Lipinski definition) is 4. The summed E-state index contributed by atoms with van der Waals surface area (Å²) in [5.74, 6) is 0.0167. The van der Waals surface area contributed by atoms with E-state index in [1.54, 1.807) is 6.92 Å². The highest BCUT2D eigenvalue weighted by molar-refractivity contribution is 5.79. The average Bonchev–Trinajstić information content (AvgIpc) is 2.55. The molecule has 0 atom stereocenters. The Morgan fingerprint density at radius 3 is 2.00 bits per heavy atom. The molecule has 0 aromatic rings. The second-order valence-corrected chi connectivity index (χ2v) is 5.77. The molecule has 1 amide bonds. The van der Waals surface area contributed by atoms with Crippen molar-refractivity contribution in [2.45, 2.75) is 60.3 Å². The van der Waals surface area contributed by atoms with Crippen LogP contribution in [0, 0.1) is 5.92 Å². The first-order valence-electron chi connectivity index (χ1n) is 9.20. The topological polar surface area (TPSA) is 49.9 Å². The molecular weight excluding hydrogens is 292 g/mol. The number of carbonyl (C=O) groups excluding carboxylic acids is 2. The Morgan fingerprint density at radius 1 is 0.913 bits per heavy atom. The van der Waals surface area contributed by atoms with Crippen LogP contribution in [0.5, 0.6) is 0 Å². The quantitative estimate of drug-likeness (QED) is 0.488. The predicted molar refractivity (Wildman–Crippen MR) is 94.3 cm³/mol. The van der Waals surface area contributed by atoms with Crippen molar-refractivity contribution in [3.63, 3.8) is 0 Å². The minimum atomic E-state index is -0.224. The van der Waals surface area contributed by atoms with Gasteiger partial charge in [-0.15, -0.1) is 0 Å². The van der Waals surface area contributed by atoms with Crippen molar-refractivity contribution in [1.82, 2.24) is 9.80 Å². The summed E-state index contributed by atoms with van der Waals surface area (Å²) < 4.78 is 4.98. The van der Waals surface area contributed by atoms with Gasteiger partial charge in [-0.05, 0) is 45.8 Å². The molecule has 5 heteroatoms. The van der Waals surface area contributed by atoms with Crippen LogP contribution >= 0.6 is 0 Å². The lowest BCUT2D eigenvalue weighted by Gasteiger charge is -2.27. The van der Waals surface area contributed by atoms with Crippen LogP contribution in [0.2, 0.25) is 0 Å². The highest BCUT2D eigenvalue weighted by Gasteiger charge is 2.22. The number of carbonyl (C=O) groups is 2. The van der Waals surface area contributed by atoms with Crippen molar-refractivity contribution in [2.75, 3.05) is 39.3 Å². The number of ether oxygens (including phenoxy) is 1. The van der Waals surface area contributed by atoms with Crippen LogP contribution in [0.4, 0.5) is 0 Å². The molecule has 0 saturated heterocycles. The van der Waals surface area contributed by atoms with E-state index in [9.17, 15) is 9.59 Å². The molecule has 0 heterocycles. The molecule has 0 aliphatic heterocycles. The zero-order valence-corrected chi connectivity index (χ0v) is 15.8. The van der Waals surface area contributed by atoms with Gasteiger partial charge in [0.15, 0.2) is 0 Å². The maximum atomic E-state index is 12.7. The van der Waals surface area contributed by atoms with Crippen LogP contribution in [0.3, 0.4) is 0 Å². The fourth-order valence-corrected chi connectivity index (χ4v) is 2.71. The Bertz CT molecular complexity index is 326. The monoisotopic (exact) mass is 328 g/mol. The number of amides is 1. The van der Waals surface area contributed by atoms with E-state index in [1.165, 1.54) is 0 Å². The van der Waals surface area contributed by atoms with Crippen LogP contribution in [0.15, 0.2) is 0 Å². The normalized spacial score (nSPS) is 11.1. The Balaban J connectivity index is 4.59. The molecule has 0 rings (SSSR count). The van der Waals surface area contributed by atoms with Crippen LogP contribution in [0.25, 0.3) is 0 Å². The fourth-order valence-electron chi connectivity index (χ4n) is 2.71. The number of hydrogen-bond donors (Lipinski definition) is 0. The molecule has 0 fully saturated rings. The summed E-state index contributed by atoms with van der Waals surface area (Å²) in [5, 5.41) is 0. The SMILES string of the molecule is CCOC(=O)CCN(CCCN(CC)CC)C(=O)C(CC)CC. The molecule has 0 N–H and O–H groups in total. The third-order valence-corrected chi connectivity index (χ3v) is 4.33. The number of nitrogens with zero attached hydrogens (tertiary/aromatic N) is 2. The molecular formula is C18H36N2O3. The summed E-state index contributed by atoms with van der Waals surface area (Å²) in [7, 11) is 0. The van der Waals surface area contributed by atoms with Gasteiger partial charge in [0.2, 0.25) is 5.91 Å². The second-order valence-electron chi connectivity index (χ2n) is 5.77. The Morgan fingerprint density at radius 2 is 1.52 bits per heavy atom. The Kier molecular flexibility index (Phi) is 12.7. The summed E-state index contributed by atoms with van der Waals surface area (Å²) >= 11 is 0. The van der Waals surface area contributed by atoms with E-state index in [1.807, 2.05) is 18.7 Å². The lowest BCUT2D eigenvalue weighted by atomic mass is 10.0. The summed E-state index contributed by atoms with van der Waals surface area (Å²) in [6, 6.07) is 0. The van der Waals surface area contributed by atoms with E-state index >= 15 is 0 Å². The molecule has 0 radical (unpaired) electrons. The molecule has 0 saturated carbocycles. The van der Waals surface area contributed by atoms with Gasteiger partial charge in [0, 0.05) is 19.0 Å². The van der Waals surface area contributed by atoms with Gasteiger partial charge >= 0.3 is 5.97 Å². The van der Waals surface area contributed by atoms with Crippen LogP contribution in [0.1, 0.15) is 60.3 Å². The van der Waals surface area contributed by atoms with E-state index in [4.69, 9.17) is 4.74 Å². The molecule has 0 spiro atoms. The second kappa shape index (κ2) is 13.3. The van der Waals surface area contributed by atoms with Gasteiger partial charge in [-0.25, -0.2) is 0 Å². The van der Waals surface area contributed by atoms with Gasteiger partial charge in [0.1, 0.15) is 0 Å². The molecule has 0 aromatic heterocycles. The van der Waals surface area contributed by atoms with Gasteiger partial charge in [-0.1, -0.05) is 27.7 Å². The van der Waals surface area contributed by atoms with E-state index in [2.05, 4.69) is 18.7 Å². The molecule has 0 bridgehead atoms. The fraction of sp³-hybridized carbons (Fsp3) is 0.889. The van der Waals surface area contributed by atoms with Crippen molar-refractivity contribution < 1.29 is 14.3 Å². The van der Waals surface area contributed by atoms with Gasteiger partial charge in [0.25, 0.3) is 0 Å². The average molecular weight is 328 g/mol. The van der Waals surface area contributed by atoms with E-state index < -0.39 is 0 Å². The largest absolute Gasteiger partial charge is 0.466 e. The summed E-state index contributed by atoms with van der Waals surface area (Å²) in [6.07, 6.45) is 2.92. The third-order valence-electron chi connectivity index (χ3n) is 4.33. The maximum absolute atomic E-state index is 12.7. The smallest absolute Gasteiger partial charge is 0.307 e. The molecule has 0 aromatic carbocycles. The van der Waals surface area contributed by atoms with Crippen molar-refractivity contribution in [2.24, 2.45) is 5.92 Å². The molecule has 0 aliphatic rings. The van der Waals surface area contributed by atoms with E-state index in [-0.39, 0.29) is 24.2 Å². The first-order valence-corrected chi connectivity index (χ1v) is 9.20. The van der Waals surface area contributed by atoms with Crippen molar-refractivity contribution in [3.05, 3.63) is 0 Å². The van der Waals surface area contributed by atoms with Gasteiger partial charge in [0.05, 0.1) is 13.0 Å². The summed E-state index contributed by atoms with van der Waals surface area (Å²) in [5.41, 5.74) is 0. The third kappa shape index (κ3) is 8.94. The van der Waals surface area contributed by atoms with Crippen LogP contribution in [-0.2, 0) is 14.3 Å². The van der Waals surface area contributed by atoms with E-state index in [0.29, 0.717) is 19.7 Å². The summed E-state index contributed by atoms with van der Waals surface area (Å²) in [4.78, 5) is 28.4. The Labute approximate surface area is 142 Å². The highest BCUT2D eigenvalue weighted by atomic mass is 16.5. The first-order chi connectivity index (χ1) is 11.0. The van der Waals surface area contributed by atoms with Gasteiger partial charge in [-0.3, -0.25) is 9.59 Å². The number of esters is 1. The lowest BCUT2D eigenvalue weighted by Crippen LogP contribution is -2.39. The lowest BCUT2D eigenvalue weighted by molar-refractivity contribution is -0.144. The molecule has 136 valence electrons. The maximum Gasteiger partial charge on any atom is 0.307 e. The zero-order valence-electron chi connectivity index (χ0n) is 15.8. The standard InChI is InChI=1S/C18H36N2O3/c1-6-16(7-2)18(22)20(15-12-17(21)23-10-5)14-11-13-19(8-3)9-4/h16H,6-15H2,1-5H3. The van der Waals surface area contributed by atoms with Crippen molar-refractivity contribution in [3.8, 4) is 0 Å². The molecule has 0 unspecified atom stereocenters. The first kappa shape index (κ1) is 21.9. The van der Waals surface area contributed by atoms with Gasteiger partial charge < -0.3 is 14.5 Å². The summed E-state index contributed by atoms with van der Waals surface area (Å²) in [6.45, 7) is 14.8. The highest BCUT2D eigenvalue weighted by Crippen LogP contribution is 2.13. The van der Waals surface area contributed by atoms with Crippen molar-refractivity contribution in [1.29, 1.82) is 0 Å². The zero-order chi connectivity index (χ0) is 17.7. The minimum absolute atomic E-state index is 0.0608. The predicted octanol–water partition coefficient (Wildman–Crippen LogP) is 2.94. The van der Waals surface area contributed by atoms with Crippen LogP contribution in [-0.4, -0.2) is 61.0 Å². The molecule has 0 aliphatic carbocycles. The van der Waals surface area contributed by atoms with Gasteiger partial charge in [-0.2, -0.15) is 0 Å². The molecule has 23 heavy (non-hydrogen) atoms. The minimum Gasteiger partial charge on any atom is -0.466 e. The Hall–Kier alpha value is -1.10. The van der Waals surface area contributed by atoms with Crippen molar-refractivity contribution >= 4 is 11.9 Å². The van der Waals surface area contributed by atoms with E-state index in [0.717, 1.165) is 38.9 Å². The van der Waals surface area contributed by atoms with Crippen LogP contribution < -0.4 is 0 Å².